The number of hydrogen-bond donors (Lipinski definition) is 1. The third-order valence-corrected chi connectivity index (χ3v) is 4.21. The molecular weight excluding hydrogens is 300 g/mol. The van der Waals surface area contributed by atoms with Crippen molar-refractivity contribution >= 4 is 11.8 Å². The van der Waals surface area contributed by atoms with Crippen molar-refractivity contribution in [2.75, 3.05) is 7.05 Å². The Bertz CT molecular complexity index is 698. The number of hydrogen-bond acceptors (Lipinski definition) is 2. The number of carbonyl (C=O) groups excluding carboxylic acids is 2. The van der Waals surface area contributed by atoms with Gasteiger partial charge in [0.25, 0.3) is 0 Å². The van der Waals surface area contributed by atoms with Crippen molar-refractivity contribution in [2.24, 2.45) is 0 Å². The fraction of sp³-hybridized carbons (Fsp3) is 0.300. The van der Waals surface area contributed by atoms with Crippen molar-refractivity contribution < 1.29 is 9.59 Å². The molecule has 4 nitrogen and oxygen atoms in total. The van der Waals surface area contributed by atoms with Gasteiger partial charge in [0.2, 0.25) is 11.8 Å². The van der Waals surface area contributed by atoms with Gasteiger partial charge in [0.15, 0.2) is 0 Å². The Morgan fingerprint density at radius 1 is 1.04 bits per heavy atom. The van der Waals surface area contributed by atoms with Crippen LogP contribution >= 0.6 is 0 Å². The van der Waals surface area contributed by atoms with Gasteiger partial charge in [-0.2, -0.15) is 0 Å². The zero-order valence-corrected chi connectivity index (χ0v) is 14.5. The van der Waals surface area contributed by atoms with E-state index in [-0.39, 0.29) is 18.2 Å². The number of carbonyl (C=O) groups is 2. The Balaban J connectivity index is 2.23. The summed E-state index contributed by atoms with van der Waals surface area (Å²) in [6.07, 6.45) is 0.286. The van der Waals surface area contributed by atoms with Gasteiger partial charge in [0.05, 0.1) is 6.42 Å². The molecule has 0 heterocycles. The van der Waals surface area contributed by atoms with Gasteiger partial charge in [-0.05, 0) is 30.5 Å². The molecule has 0 spiro atoms. The molecule has 4 heteroatoms. The van der Waals surface area contributed by atoms with Crippen LogP contribution in [0.25, 0.3) is 0 Å². The molecule has 0 aliphatic carbocycles. The lowest BCUT2D eigenvalue weighted by molar-refractivity contribution is -0.139. The molecule has 0 saturated heterocycles. The molecule has 0 aliphatic heterocycles. The maximum atomic E-state index is 12.8. The number of benzene rings is 2. The molecule has 0 fully saturated rings. The predicted octanol–water partition coefficient (Wildman–Crippen LogP) is 2.70. The van der Waals surface area contributed by atoms with Crippen molar-refractivity contribution in [1.29, 1.82) is 0 Å². The minimum absolute atomic E-state index is 0.0550. The largest absolute Gasteiger partial charge is 0.357 e. The number of aryl methyl sites for hydroxylation is 1. The molecule has 0 saturated carbocycles. The highest BCUT2D eigenvalue weighted by Gasteiger charge is 2.25. The second kappa shape index (κ2) is 8.29. The minimum atomic E-state index is -0.522. The van der Waals surface area contributed by atoms with Gasteiger partial charge in [-0.1, -0.05) is 54.6 Å². The molecule has 1 atom stereocenters. The smallest absolute Gasteiger partial charge is 0.242 e. The van der Waals surface area contributed by atoms with E-state index in [1.54, 1.807) is 18.9 Å². The zero-order valence-electron chi connectivity index (χ0n) is 14.5. The van der Waals surface area contributed by atoms with Crippen molar-refractivity contribution in [3.05, 3.63) is 71.3 Å². The fourth-order valence-electron chi connectivity index (χ4n) is 2.63. The van der Waals surface area contributed by atoms with Crippen LogP contribution < -0.4 is 5.32 Å². The number of likely N-dealkylation sites (N-methyl/N-ethyl adjacent to an activating group) is 1. The summed E-state index contributed by atoms with van der Waals surface area (Å²) in [7, 11) is 1.59. The van der Waals surface area contributed by atoms with E-state index in [0.29, 0.717) is 6.54 Å². The van der Waals surface area contributed by atoms with E-state index in [9.17, 15) is 9.59 Å². The van der Waals surface area contributed by atoms with Crippen LogP contribution in [0, 0.1) is 6.92 Å². The van der Waals surface area contributed by atoms with Crippen molar-refractivity contribution in [1.82, 2.24) is 10.2 Å². The van der Waals surface area contributed by atoms with Gasteiger partial charge in [0.1, 0.15) is 6.04 Å². The van der Waals surface area contributed by atoms with E-state index in [0.717, 1.165) is 16.7 Å². The highest BCUT2D eigenvalue weighted by molar-refractivity contribution is 5.88. The first-order chi connectivity index (χ1) is 11.5. The molecule has 0 radical (unpaired) electrons. The summed E-state index contributed by atoms with van der Waals surface area (Å²) in [6, 6.07) is 17.0. The normalized spacial score (nSPS) is 11.6. The molecule has 2 aromatic rings. The summed E-state index contributed by atoms with van der Waals surface area (Å²) >= 11 is 0. The molecule has 0 aromatic heterocycles. The summed E-state index contributed by atoms with van der Waals surface area (Å²) in [5, 5.41) is 2.63. The lowest BCUT2D eigenvalue weighted by Gasteiger charge is -2.29. The summed E-state index contributed by atoms with van der Waals surface area (Å²) in [4.78, 5) is 26.6. The first-order valence-electron chi connectivity index (χ1n) is 8.12. The van der Waals surface area contributed by atoms with E-state index in [1.165, 1.54) is 0 Å². The van der Waals surface area contributed by atoms with E-state index >= 15 is 0 Å². The summed E-state index contributed by atoms with van der Waals surface area (Å²) in [5.74, 6) is -0.217. The Morgan fingerprint density at radius 2 is 1.67 bits per heavy atom. The van der Waals surface area contributed by atoms with Gasteiger partial charge in [-0.3, -0.25) is 9.59 Å². The third-order valence-electron chi connectivity index (χ3n) is 4.21. The van der Waals surface area contributed by atoms with Crippen LogP contribution in [0.15, 0.2) is 54.6 Å². The SMILES string of the molecule is CNC(=O)[C@H](C)N(Cc1ccccc1C)C(=O)Cc1ccccc1. The standard InChI is InChI=1S/C20H24N2O2/c1-15-9-7-8-12-18(15)14-22(16(2)20(24)21-3)19(23)13-17-10-5-4-6-11-17/h4-12,16H,13-14H2,1-3H3,(H,21,24)/t16-/m0/s1. The van der Waals surface area contributed by atoms with Crippen LogP contribution in [-0.2, 0) is 22.6 Å². The predicted molar refractivity (Wildman–Crippen MR) is 95.4 cm³/mol. The highest BCUT2D eigenvalue weighted by Crippen LogP contribution is 2.15. The second-order valence-electron chi connectivity index (χ2n) is 5.90. The van der Waals surface area contributed by atoms with Gasteiger partial charge in [-0.15, -0.1) is 0 Å². The molecule has 0 bridgehead atoms. The average Bonchev–Trinajstić information content (AvgIpc) is 2.60. The van der Waals surface area contributed by atoms with Gasteiger partial charge < -0.3 is 10.2 Å². The molecule has 126 valence electrons. The summed E-state index contributed by atoms with van der Waals surface area (Å²) in [5.41, 5.74) is 3.11. The topological polar surface area (TPSA) is 49.4 Å². The summed E-state index contributed by atoms with van der Waals surface area (Å²) < 4.78 is 0. The Morgan fingerprint density at radius 3 is 2.29 bits per heavy atom. The van der Waals surface area contributed by atoms with Crippen molar-refractivity contribution in [3.8, 4) is 0 Å². The first-order valence-corrected chi connectivity index (χ1v) is 8.12. The number of nitrogens with one attached hydrogen (secondary N) is 1. The molecule has 2 amide bonds. The molecule has 0 aliphatic rings. The van der Waals surface area contributed by atoms with E-state index < -0.39 is 6.04 Å². The van der Waals surface area contributed by atoms with Crippen molar-refractivity contribution in [3.63, 3.8) is 0 Å². The van der Waals surface area contributed by atoms with E-state index in [4.69, 9.17) is 0 Å². The van der Waals surface area contributed by atoms with E-state index in [2.05, 4.69) is 5.32 Å². The quantitative estimate of drug-likeness (QED) is 0.888. The second-order valence-corrected chi connectivity index (χ2v) is 5.90. The maximum Gasteiger partial charge on any atom is 0.242 e. The molecule has 2 aromatic carbocycles. The minimum Gasteiger partial charge on any atom is -0.357 e. The van der Waals surface area contributed by atoms with Gasteiger partial charge >= 0.3 is 0 Å². The Hall–Kier alpha value is -2.62. The van der Waals surface area contributed by atoms with E-state index in [1.807, 2.05) is 61.5 Å². The van der Waals surface area contributed by atoms with Crippen LogP contribution in [0.5, 0.6) is 0 Å². The van der Waals surface area contributed by atoms with Crippen LogP contribution in [0.3, 0.4) is 0 Å². The van der Waals surface area contributed by atoms with Crippen molar-refractivity contribution in [2.45, 2.75) is 32.9 Å². The Labute approximate surface area is 143 Å². The van der Waals surface area contributed by atoms with Gasteiger partial charge in [0, 0.05) is 13.6 Å². The molecule has 1 N–H and O–H groups in total. The van der Waals surface area contributed by atoms with Crippen LogP contribution in [0.1, 0.15) is 23.6 Å². The maximum absolute atomic E-state index is 12.8. The number of amides is 2. The number of nitrogens with zero attached hydrogens (tertiary/aromatic N) is 1. The van der Waals surface area contributed by atoms with Crippen LogP contribution in [0.2, 0.25) is 0 Å². The lowest BCUT2D eigenvalue weighted by Crippen LogP contribution is -2.47. The molecular formula is C20H24N2O2. The van der Waals surface area contributed by atoms with Crippen LogP contribution in [0.4, 0.5) is 0 Å². The molecule has 0 unspecified atom stereocenters. The summed E-state index contributed by atoms with van der Waals surface area (Å²) in [6.45, 7) is 4.20. The monoisotopic (exact) mass is 324 g/mol. The zero-order chi connectivity index (χ0) is 17.5. The first kappa shape index (κ1) is 17.7. The van der Waals surface area contributed by atoms with Crippen LogP contribution in [-0.4, -0.2) is 29.8 Å². The molecule has 24 heavy (non-hydrogen) atoms. The fourth-order valence-corrected chi connectivity index (χ4v) is 2.63. The highest BCUT2D eigenvalue weighted by atomic mass is 16.2. The lowest BCUT2D eigenvalue weighted by atomic mass is 10.1. The average molecular weight is 324 g/mol. The van der Waals surface area contributed by atoms with Gasteiger partial charge in [-0.25, -0.2) is 0 Å². The Kier molecular flexibility index (Phi) is 6.13. The number of rotatable bonds is 6. The third kappa shape index (κ3) is 4.44. The molecule has 2 rings (SSSR count).